The van der Waals surface area contributed by atoms with Crippen LogP contribution in [0.15, 0.2) is 30.5 Å². The van der Waals surface area contributed by atoms with Gasteiger partial charge in [0.1, 0.15) is 0 Å². The summed E-state index contributed by atoms with van der Waals surface area (Å²) in [6, 6.07) is 7.58. The van der Waals surface area contributed by atoms with Crippen LogP contribution in [0.1, 0.15) is 12.5 Å². The molecule has 3 rings (SSSR count). The van der Waals surface area contributed by atoms with Crippen LogP contribution in [0.25, 0.3) is 0 Å². The summed E-state index contributed by atoms with van der Waals surface area (Å²) in [7, 11) is 0. The molecule has 1 aromatic heterocycles. The van der Waals surface area contributed by atoms with E-state index in [-0.39, 0.29) is 6.09 Å². The molecule has 8 nitrogen and oxygen atoms in total. The second-order valence-electron chi connectivity index (χ2n) is 5.79. The number of benzene rings is 1. The monoisotopic (exact) mass is 376 g/mol. The molecule has 0 radical (unpaired) electrons. The molecular weight excluding hydrogens is 356 g/mol. The van der Waals surface area contributed by atoms with Gasteiger partial charge < -0.3 is 19.9 Å². The maximum atomic E-state index is 11.8. The van der Waals surface area contributed by atoms with Crippen LogP contribution in [0.2, 0.25) is 5.02 Å². The van der Waals surface area contributed by atoms with Gasteiger partial charge in [-0.3, -0.25) is 0 Å². The van der Waals surface area contributed by atoms with Gasteiger partial charge in [-0.25, -0.2) is 4.79 Å². The van der Waals surface area contributed by atoms with Crippen molar-refractivity contribution in [3.05, 3.63) is 41.0 Å². The number of halogens is 1. The molecule has 2 heterocycles. The first-order chi connectivity index (χ1) is 12.7. The molecule has 1 aromatic carbocycles. The minimum Gasteiger partial charge on any atom is -0.450 e. The number of hydrogen-bond acceptors (Lipinski definition) is 7. The van der Waals surface area contributed by atoms with Crippen molar-refractivity contribution in [2.24, 2.45) is 0 Å². The first kappa shape index (κ1) is 18.2. The van der Waals surface area contributed by atoms with E-state index in [1.165, 1.54) is 0 Å². The summed E-state index contributed by atoms with van der Waals surface area (Å²) >= 11 is 5.89. The van der Waals surface area contributed by atoms with E-state index in [0.29, 0.717) is 50.3 Å². The van der Waals surface area contributed by atoms with Crippen LogP contribution in [0.4, 0.5) is 16.6 Å². The number of rotatable bonds is 5. The number of nitrogens with one attached hydrogen (secondary N) is 1. The Hall–Kier alpha value is -2.61. The predicted octanol–water partition coefficient (Wildman–Crippen LogP) is 2.42. The zero-order chi connectivity index (χ0) is 18.4. The normalized spacial score (nSPS) is 14.2. The van der Waals surface area contributed by atoms with E-state index in [1.54, 1.807) is 18.0 Å². The minimum absolute atomic E-state index is 0.265. The highest BCUT2D eigenvalue weighted by atomic mass is 35.5. The number of carbonyl (C=O) groups is 1. The average molecular weight is 377 g/mol. The minimum atomic E-state index is -0.265. The van der Waals surface area contributed by atoms with E-state index >= 15 is 0 Å². The standard InChI is InChI=1S/C17H21ClN6O2/c1-2-26-17(25)24-9-7-23(8-10-24)15-12-20-22-16(21-15)19-11-13-3-5-14(18)6-4-13/h3-6,12H,2,7-11H2,1H3,(H,19,21,22). The van der Waals surface area contributed by atoms with Crippen LogP contribution in [0, 0.1) is 0 Å². The van der Waals surface area contributed by atoms with Crippen molar-refractivity contribution in [3.63, 3.8) is 0 Å². The number of aromatic nitrogens is 3. The summed E-state index contributed by atoms with van der Waals surface area (Å²) in [6.45, 7) is 5.31. The van der Waals surface area contributed by atoms with Gasteiger partial charge in [-0.05, 0) is 24.6 Å². The lowest BCUT2D eigenvalue weighted by Gasteiger charge is -2.34. The number of ether oxygens (including phenoxy) is 1. The van der Waals surface area contributed by atoms with Gasteiger partial charge in [0.15, 0.2) is 5.82 Å². The second-order valence-corrected chi connectivity index (χ2v) is 6.23. The first-order valence-corrected chi connectivity index (χ1v) is 8.88. The van der Waals surface area contributed by atoms with Gasteiger partial charge in [0.05, 0.1) is 12.8 Å². The molecule has 0 bridgehead atoms. The van der Waals surface area contributed by atoms with Gasteiger partial charge in [-0.15, -0.1) is 5.10 Å². The fraction of sp³-hybridized carbons (Fsp3) is 0.412. The molecular formula is C17H21ClN6O2. The van der Waals surface area contributed by atoms with Gasteiger partial charge in [0.25, 0.3) is 0 Å². The molecule has 0 atom stereocenters. The molecule has 0 aliphatic carbocycles. The molecule has 1 aliphatic heterocycles. The predicted molar refractivity (Wildman–Crippen MR) is 99.4 cm³/mol. The van der Waals surface area contributed by atoms with Gasteiger partial charge in [0, 0.05) is 37.7 Å². The summed E-state index contributed by atoms with van der Waals surface area (Å²) in [5.74, 6) is 1.20. The third-order valence-corrected chi connectivity index (χ3v) is 4.29. The summed E-state index contributed by atoms with van der Waals surface area (Å²) in [6.07, 6.45) is 1.37. The van der Waals surface area contributed by atoms with E-state index in [1.807, 2.05) is 24.3 Å². The largest absolute Gasteiger partial charge is 0.450 e. The molecule has 0 spiro atoms. The van der Waals surface area contributed by atoms with Gasteiger partial charge in [-0.1, -0.05) is 23.7 Å². The van der Waals surface area contributed by atoms with Crippen LogP contribution in [0.5, 0.6) is 0 Å². The molecule has 0 saturated carbocycles. The van der Waals surface area contributed by atoms with Crippen molar-refractivity contribution in [3.8, 4) is 0 Å². The van der Waals surface area contributed by atoms with Crippen molar-refractivity contribution in [1.29, 1.82) is 0 Å². The Morgan fingerprint density at radius 3 is 2.65 bits per heavy atom. The lowest BCUT2D eigenvalue weighted by atomic mass is 10.2. The Morgan fingerprint density at radius 1 is 1.23 bits per heavy atom. The number of amides is 1. The lowest BCUT2D eigenvalue weighted by Crippen LogP contribution is -2.49. The molecule has 2 aromatic rings. The Bertz CT molecular complexity index is 734. The third-order valence-electron chi connectivity index (χ3n) is 4.04. The highest BCUT2D eigenvalue weighted by Crippen LogP contribution is 2.15. The Balaban J connectivity index is 1.56. The van der Waals surface area contributed by atoms with Crippen LogP contribution in [-0.4, -0.2) is 59.0 Å². The van der Waals surface area contributed by atoms with E-state index in [4.69, 9.17) is 16.3 Å². The van der Waals surface area contributed by atoms with Crippen molar-refractivity contribution >= 4 is 29.5 Å². The molecule has 1 saturated heterocycles. The highest BCUT2D eigenvalue weighted by Gasteiger charge is 2.23. The third kappa shape index (κ3) is 4.72. The maximum Gasteiger partial charge on any atom is 0.409 e. The fourth-order valence-electron chi connectivity index (χ4n) is 2.64. The molecule has 0 unspecified atom stereocenters. The molecule has 1 fully saturated rings. The maximum absolute atomic E-state index is 11.8. The van der Waals surface area contributed by atoms with Gasteiger partial charge in [0.2, 0.25) is 5.95 Å². The quantitative estimate of drug-likeness (QED) is 0.857. The van der Waals surface area contributed by atoms with E-state index in [9.17, 15) is 4.79 Å². The summed E-state index contributed by atoms with van der Waals surface area (Å²) in [5.41, 5.74) is 1.08. The first-order valence-electron chi connectivity index (χ1n) is 8.50. The van der Waals surface area contributed by atoms with Gasteiger partial charge >= 0.3 is 6.09 Å². The zero-order valence-electron chi connectivity index (χ0n) is 14.6. The Morgan fingerprint density at radius 2 is 1.96 bits per heavy atom. The molecule has 1 aliphatic rings. The second kappa shape index (κ2) is 8.66. The van der Waals surface area contributed by atoms with E-state index in [2.05, 4.69) is 25.4 Å². The van der Waals surface area contributed by atoms with Crippen LogP contribution >= 0.6 is 11.6 Å². The summed E-state index contributed by atoms with van der Waals surface area (Å²) in [4.78, 5) is 20.1. The number of piperazine rings is 1. The van der Waals surface area contributed by atoms with Gasteiger partial charge in [-0.2, -0.15) is 10.1 Å². The van der Waals surface area contributed by atoms with Crippen molar-refractivity contribution < 1.29 is 9.53 Å². The molecule has 138 valence electrons. The molecule has 1 amide bonds. The van der Waals surface area contributed by atoms with Crippen LogP contribution < -0.4 is 10.2 Å². The summed E-state index contributed by atoms with van der Waals surface area (Å²) in [5, 5.41) is 11.9. The number of anilines is 2. The van der Waals surface area contributed by atoms with Crippen molar-refractivity contribution in [2.75, 3.05) is 43.0 Å². The zero-order valence-corrected chi connectivity index (χ0v) is 15.3. The fourth-order valence-corrected chi connectivity index (χ4v) is 2.76. The van der Waals surface area contributed by atoms with Crippen molar-refractivity contribution in [1.82, 2.24) is 20.1 Å². The summed E-state index contributed by atoms with van der Waals surface area (Å²) < 4.78 is 5.03. The number of carbonyl (C=O) groups excluding carboxylic acids is 1. The number of nitrogens with zero attached hydrogens (tertiary/aromatic N) is 5. The number of hydrogen-bond donors (Lipinski definition) is 1. The molecule has 26 heavy (non-hydrogen) atoms. The van der Waals surface area contributed by atoms with Crippen molar-refractivity contribution in [2.45, 2.75) is 13.5 Å². The van der Waals surface area contributed by atoms with Crippen LogP contribution in [-0.2, 0) is 11.3 Å². The smallest absolute Gasteiger partial charge is 0.409 e. The Kier molecular flexibility index (Phi) is 6.06. The lowest BCUT2D eigenvalue weighted by molar-refractivity contribution is 0.105. The SMILES string of the molecule is CCOC(=O)N1CCN(c2cnnc(NCc3ccc(Cl)cc3)n2)CC1. The highest BCUT2D eigenvalue weighted by molar-refractivity contribution is 6.30. The van der Waals surface area contributed by atoms with Crippen LogP contribution in [0.3, 0.4) is 0 Å². The Labute approximate surface area is 157 Å². The van der Waals surface area contributed by atoms with E-state index in [0.717, 1.165) is 11.4 Å². The molecule has 1 N–H and O–H groups in total. The van der Waals surface area contributed by atoms with E-state index < -0.39 is 0 Å². The molecule has 9 heteroatoms. The average Bonchev–Trinajstić information content (AvgIpc) is 2.68. The topological polar surface area (TPSA) is 83.5 Å².